The van der Waals surface area contributed by atoms with Crippen molar-refractivity contribution in [2.75, 3.05) is 13.2 Å². The molecule has 3 rings (SSSR count). The fourth-order valence-electron chi connectivity index (χ4n) is 2.38. The Kier molecular flexibility index (Phi) is 4.75. The highest BCUT2D eigenvalue weighted by atomic mass is 35.5. The first-order valence-electron chi connectivity index (χ1n) is 7.27. The Morgan fingerprint density at radius 3 is 3.09 bits per heavy atom. The molecule has 1 aromatic carbocycles. The summed E-state index contributed by atoms with van der Waals surface area (Å²) in [5.74, 6) is -0.374. The highest BCUT2D eigenvalue weighted by Crippen LogP contribution is 2.16. The van der Waals surface area contributed by atoms with E-state index in [0.717, 1.165) is 25.0 Å². The minimum atomic E-state index is -0.374. The number of carbonyl (C=O) groups is 1. The zero-order valence-electron chi connectivity index (χ0n) is 12.1. The van der Waals surface area contributed by atoms with Gasteiger partial charge in [0.2, 0.25) is 0 Å². The second kappa shape index (κ2) is 6.94. The van der Waals surface area contributed by atoms with Crippen molar-refractivity contribution >= 4 is 17.6 Å². The third kappa shape index (κ3) is 3.67. The van der Waals surface area contributed by atoms with Crippen molar-refractivity contribution < 1.29 is 14.3 Å². The molecule has 22 heavy (non-hydrogen) atoms. The molecule has 1 aromatic heterocycles. The third-order valence-electron chi connectivity index (χ3n) is 3.58. The maximum atomic E-state index is 12.0. The van der Waals surface area contributed by atoms with Crippen molar-refractivity contribution in [1.82, 2.24) is 9.78 Å². The summed E-state index contributed by atoms with van der Waals surface area (Å²) in [5.41, 5.74) is 1.39. The average Bonchev–Trinajstić information content (AvgIpc) is 3.19. The van der Waals surface area contributed by atoms with E-state index in [9.17, 15) is 4.79 Å². The Hall–Kier alpha value is -1.85. The maximum Gasteiger partial charge on any atom is 0.341 e. The van der Waals surface area contributed by atoms with Gasteiger partial charge in [-0.3, -0.25) is 4.68 Å². The minimum Gasteiger partial charge on any atom is -0.459 e. The quantitative estimate of drug-likeness (QED) is 0.795. The van der Waals surface area contributed by atoms with Crippen LogP contribution in [0.2, 0.25) is 5.02 Å². The van der Waals surface area contributed by atoms with Crippen molar-refractivity contribution in [2.45, 2.75) is 25.5 Å². The summed E-state index contributed by atoms with van der Waals surface area (Å²) in [4.78, 5) is 12.0. The van der Waals surface area contributed by atoms with Gasteiger partial charge in [-0.05, 0) is 24.5 Å². The van der Waals surface area contributed by atoms with Gasteiger partial charge in [0.25, 0.3) is 0 Å². The summed E-state index contributed by atoms with van der Waals surface area (Å²) >= 11 is 6.12. The van der Waals surface area contributed by atoms with Crippen LogP contribution in [-0.2, 0) is 16.0 Å². The van der Waals surface area contributed by atoms with Crippen LogP contribution in [0, 0.1) is 0 Å². The number of esters is 1. The molecular weight excluding hydrogens is 304 g/mol. The van der Waals surface area contributed by atoms with Crippen LogP contribution in [0.1, 0.15) is 28.8 Å². The first-order valence-corrected chi connectivity index (χ1v) is 7.65. The molecule has 1 aliphatic heterocycles. The normalized spacial score (nSPS) is 17.6. The van der Waals surface area contributed by atoms with E-state index >= 15 is 0 Å². The molecule has 2 aromatic rings. The van der Waals surface area contributed by atoms with Gasteiger partial charge in [0, 0.05) is 17.8 Å². The fourth-order valence-corrected chi connectivity index (χ4v) is 2.58. The largest absolute Gasteiger partial charge is 0.459 e. The monoisotopic (exact) mass is 320 g/mol. The molecule has 0 aliphatic carbocycles. The van der Waals surface area contributed by atoms with Crippen LogP contribution in [0.5, 0.6) is 0 Å². The Bertz CT molecular complexity index is 650. The smallest absolute Gasteiger partial charge is 0.341 e. The van der Waals surface area contributed by atoms with Crippen molar-refractivity contribution in [3.8, 4) is 0 Å². The van der Waals surface area contributed by atoms with Gasteiger partial charge in [0.1, 0.15) is 6.61 Å². The van der Waals surface area contributed by atoms with Gasteiger partial charge in [-0.15, -0.1) is 0 Å². The van der Waals surface area contributed by atoms with Crippen LogP contribution >= 0.6 is 11.6 Å². The van der Waals surface area contributed by atoms with Gasteiger partial charge in [-0.2, -0.15) is 5.10 Å². The third-order valence-corrected chi connectivity index (χ3v) is 3.95. The first-order chi connectivity index (χ1) is 10.7. The molecule has 0 bridgehead atoms. The number of ether oxygens (including phenoxy) is 2. The molecule has 1 fully saturated rings. The zero-order chi connectivity index (χ0) is 15.4. The lowest BCUT2D eigenvalue weighted by molar-refractivity contribution is 0.0161. The summed E-state index contributed by atoms with van der Waals surface area (Å²) in [5, 5.41) is 4.86. The van der Waals surface area contributed by atoms with Gasteiger partial charge >= 0.3 is 5.97 Å². The summed E-state index contributed by atoms with van der Waals surface area (Å²) in [6, 6.07) is 7.56. The van der Waals surface area contributed by atoms with Gasteiger partial charge in [-0.25, -0.2) is 4.79 Å². The molecule has 6 heteroatoms. The van der Waals surface area contributed by atoms with E-state index in [-0.39, 0.29) is 12.1 Å². The van der Waals surface area contributed by atoms with Gasteiger partial charge < -0.3 is 9.47 Å². The molecule has 0 amide bonds. The summed E-state index contributed by atoms with van der Waals surface area (Å²) < 4.78 is 12.4. The number of halogens is 1. The number of aromatic nitrogens is 2. The number of benzene rings is 1. The molecule has 1 unspecified atom stereocenters. The predicted molar refractivity (Wildman–Crippen MR) is 82.0 cm³/mol. The van der Waals surface area contributed by atoms with Crippen molar-refractivity contribution in [2.24, 2.45) is 0 Å². The number of carbonyl (C=O) groups excluding carboxylic acids is 1. The predicted octanol–water partition coefficient (Wildman–Crippen LogP) is 2.92. The van der Waals surface area contributed by atoms with Gasteiger partial charge in [0.05, 0.1) is 24.4 Å². The maximum absolute atomic E-state index is 12.0. The second-order valence-electron chi connectivity index (χ2n) is 5.25. The van der Waals surface area contributed by atoms with Crippen LogP contribution in [0.3, 0.4) is 0 Å². The summed E-state index contributed by atoms with van der Waals surface area (Å²) in [6.07, 6.45) is 5.18. The Labute approximate surface area is 133 Å². The number of hydrogen-bond acceptors (Lipinski definition) is 4. The Morgan fingerprint density at radius 2 is 2.32 bits per heavy atom. The minimum absolute atomic E-state index is 0.0297. The van der Waals surface area contributed by atoms with Gasteiger partial charge in [-0.1, -0.05) is 29.8 Å². The fraction of sp³-hybridized carbons (Fsp3) is 0.375. The molecule has 2 heterocycles. The summed E-state index contributed by atoms with van der Waals surface area (Å²) in [6.45, 7) is 1.56. The molecule has 0 spiro atoms. The SMILES string of the molecule is O=C(OCC1CCCO1)c1cnn(Cc2ccccc2Cl)c1. The molecular formula is C16H17ClN2O3. The molecule has 116 valence electrons. The number of nitrogens with zero attached hydrogens (tertiary/aromatic N) is 2. The van der Waals surface area contributed by atoms with E-state index in [1.54, 1.807) is 10.9 Å². The first kappa shape index (κ1) is 15.1. The van der Waals surface area contributed by atoms with Crippen LogP contribution in [0.25, 0.3) is 0 Å². The van der Waals surface area contributed by atoms with E-state index in [1.165, 1.54) is 6.20 Å². The van der Waals surface area contributed by atoms with E-state index < -0.39 is 0 Å². The number of rotatable bonds is 5. The molecule has 0 radical (unpaired) electrons. The lowest BCUT2D eigenvalue weighted by Gasteiger charge is -2.09. The molecule has 1 saturated heterocycles. The molecule has 0 saturated carbocycles. The average molecular weight is 321 g/mol. The molecule has 1 aliphatic rings. The standard InChI is InChI=1S/C16H17ClN2O3/c17-15-6-2-1-4-12(15)9-19-10-13(8-18-19)16(20)22-11-14-5-3-7-21-14/h1-2,4,6,8,10,14H,3,5,7,9,11H2. The van der Waals surface area contributed by atoms with E-state index in [2.05, 4.69) is 5.10 Å². The lowest BCUT2D eigenvalue weighted by atomic mass is 10.2. The van der Waals surface area contributed by atoms with Crippen molar-refractivity contribution in [1.29, 1.82) is 0 Å². The van der Waals surface area contributed by atoms with E-state index in [1.807, 2.05) is 24.3 Å². The summed E-state index contributed by atoms with van der Waals surface area (Å²) in [7, 11) is 0. The van der Waals surface area contributed by atoms with Crippen LogP contribution < -0.4 is 0 Å². The highest BCUT2D eigenvalue weighted by molar-refractivity contribution is 6.31. The van der Waals surface area contributed by atoms with Crippen LogP contribution in [0.4, 0.5) is 0 Å². The topological polar surface area (TPSA) is 53.4 Å². The highest BCUT2D eigenvalue weighted by Gasteiger charge is 2.18. The zero-order valence-corrected chi connectivity index (χ0v) is 12.8. The Balaban J connectivity index is 1.58. The van der Waals surface area contributed by atoms with Crippen molar-refractivity contribution in [3.63, 3.8) is 0 Å². The van der Waals surface area contributed by atoms with E-state index in [4.69, 9.17) is 21.1 Å². The molecule has 1 atom stereocenters. The van der Waals surface area contributed by atoms with Crippen LogP contribution in [0.15, 0.2) is 36.7 Å². The second-order valence-corrected chi connectivity index (χ2v) is 5.66. The van der Waals surface area contributed by atoms with Gasteiger partial charge in [0.15, 0.2) is 0 Å². The molecule has 0 N–H and O–H groups in total. The molecule has 5 nitrogen and oxygen atoms in total. The lowest BCUT2D eigenvalue weighted by Crippen LogP contribution is -2.17. The number of hydrogen-bond donors (Lipinski definition) is 0. The van der Waals surface area contributed by atoms with Crippen LogP contribution in [-0.4, -0.2) is 35.1 Å². The Morgan fingerprint density at radius 1 is 1.45 bits per heavy atom. The van der Waals surface area contributed by atoms with Crippen molar-refractivity contribution in [3.05, 3.63) is 52.8 Å². The van der Waals surface area contributed by atoms with E-state index in [0.29, 0.717) is 23.7 Å².